The second-order valence-corrected chi connectivity index (χ2v) is 7.08. The lowest BCUT2D eigenvalue weighted by atomic mass is 10.0. The molecule has 1 saturated heterocycles. The van der Waals surface area contributed by atoms with Gasteiger partial charge in [-0.1, -0.05) is 18.2 Å². The number of benzene rings is 2. The highest BCUT2D eigenvalue weighted by Crippen LogP contribution is 2.29. The molecule has 1 fully saturated rings. The number of hydrogen-bond donors (Lipinski definition) is 2. The number of fused-ring (bicyclic) bond motifs is 1. The van der Waals surface area contributed by atoms with Crippen LogP contribution < -0.4 is 15.0 Å². The quantitative estimate of drug-likeness (QED) is 0.697. The summed E-state index contributed by atoms with van der Waals surface area (Å²) in [5.41, 5.74) is 1.92. The van der Waals surface area contributed by atoms with Gasteiger partial charge in [0.2, 0.25) is 11.8 Å². The third kappa shape index (κ3) is 3.68. The lowest BCUT2D eigenvalue weighted by Crippen LogP contribution is -2.53. The van der Waals surface area contributed by atoms with Crippen LogP contribution in [0.2, 0.25) is 0 Å². The number of piperidine rings is 1. The van der Waals surface area contributed by atoms with E-state index in [2.05, 4.69) is 10.3 Å². The van der Waals surface area contributed by atoms with E-state index in [0.29, 0.717) is 25.1 Å². The minimum absolute atomic E-state index is 0.115. The van der Waals surface area contributed by atoms with E-state index in [4.69, 9.17) is 4.74 Å². The fourth-order valence-electron chi connectivity index (χ4n) is 3.87. The molecule has 1 aliphatic heterocycles. The highest BCUT2D eigenvalue weighted by molar-refractivity contribution is 6.00. The van der Waals surface area contributed by atoms with E-state index >= 15 is 0 Å². The summed E-state index contributed by atoms with van der Waals surface area (Å²) in [5, 5.41) is 3.68. The number of halogens is 1. The Bertz CT molecular complexity index is 1060. The van der Waals surface area contributed by atoms with Crippen LogP contribution in [0.15, 0.2) is 48.7 Å². The Kier molecular flexibility index (Phi) is 5.20. The summed E-state index contributed by atoms with van der Waals surface area (Å²) < 4.78 is 19.5. The van der Waals surface area contributed by atoms with Gasteiger partial charge in [0.25, 0.3) is 0 Å². The molecule has 0 radical (unpaired) electrons. The smallest absolute Gasteiger partial charge is 0.249 e. The second kappa shape index (κ2) is 7.95. The predicted molar refractivity (Wildman–Crippen MR) is 108 cm³/mol. The molecule has 1 unspecified atom stereocenters. The molecule has 0 bridgehead atoms. The van der Waals surface area contributed by atoms with Gasteiger partial charge in [-0.15, -0.1) is 0 Å². The van der Waals surface area contributed by atoms with Crippen molar-refractivity contribution >= 4 is 28.4 Å². The van der Waals surface area contributed by atoms with Crippen molar-refractivity contribution in [1.29, 1.82) is 0 Å². The first-order chi connectivity index (χ1) is 14.1. The van der Waals surface area contributed by atoms with Crippen LogP contribution in [0.1, 0.15) is 18.4 Å². The number of amides is 2. The van der Waals surface area contributed by atoms with Crippen LogP contribution in [0.3, 0.4) is 0 Å². The molecule has 2 aromatic carbocycles. The zero-order chi connectivity index (χ0) is 20.4. The number of aromatic amines is 1. The molecule has 2 amide bonds. The zero-order valence-electron chi connectivity index (χ0n) is 16.1. The van der Waals surface area contributed by atoms with Crippen molar-refractivity contribution in [2.24, 2.45) is 0 Å². The molecule has 29 heavy (non-hydrogen) atoms. The molecule has 1 aliphatic rings. The number of H-pyrrole nitrogens is 1. The van der Waals surface area contributed by atoms with Crippen LogP contribution >= 0.6 is 0 Å². The number of para-hydroxylation sites is 1. The molecule has 150 valence electrons. The summed E-state index contributed by atoms with van der Waals surface area (Å²) in [4.78, 5) is 30.1. The van der Waals surface area contributed by atoms with Crippen LogP contribution in [0.5, 0.6) is 5.75 Å². The highest BCUT2D eigenvalue weighted by Gasteiger charge is 2.32. The normalized spacial score (nSPS) is 16.8. The molecule has 7 heteroatoms. The fraction of sp³-hybridized carbons (Fsp3) is 0.273. The van der Waals surface area contributed by atoms with Gasteiger partial charge >= 0.3 is 0 Å². The molecular formula is C22H22FN3O3. The lowest BCUT2D eigenvalue weighted by molar-refractivity contribution is -0.128. The molecule has 0 aliphatic carbocycles. The van der Waals surface area contributed by atoms with Gasteiger partial charge < -0.3 is 19.9 Å². The van der Waals surface area contributed by atoms with E-state index in [0.717, 1.165) is 16.5 Å². The molecule has 4 rings (SSSR count). The minimum atomic E-state index is -0.664. The summed E-state index contributed by atoms with van der Waals surface area (Å²) in [7, 11) is 1.59. The third-order valence-corrected chi connectivity index (χ3v) is 5.24. The molecular weight excluding hydrogens is 373 g/mol. The topological polar surface area (TPSA) is 74.4 Å². The monoisotopic (exact) mass is 395 g/mol. The average Bonchev–Trinajstić information content (AvgIpc) is 3.13. The number of nitrogens with one attached hydrogen (secondary N) is 2. The van der Waals surface area contributed by atoms with Gasteiger partial charge in [-0.05, 0) is 42.7 Å². The van der Waals surface area contributed by atoms with Crippen molar-refractivity contribution in [3.63, 3.8) is 0 Å². The number of carbonyl (C=O) groups is 2. The number of rotatable bonds is 5. The van der Waals surface area contributed by atoms with Gasteiger partial charge in [0.1, 0.15) is 17.6 Å². The number of anilines is 1. The zero-order valence-corrected chi connectivity index (χ0v) is 16.1. The average molecular weight is 395 g/mol. The number of carbonyl (C=O) groups excluding carboxylic acids is 2. The lowest BCUT2D eigenvalue weighted by Gasteiger charge is -2.32. The van der Waals surface area contributed by atoms with Crippen molar-refractivity contribution in [2.45, 2.75) is 25.3 Å². The Balaban J connectivity index is 1.49. The van der Waals surface area contributed by atoms with E-state index in [1.807, 2.05) is 18.2 Å². The molecule has 2 heterocycles. The fourth-order valence-corrected chi connectivity index (χ4v) is 3.87. The number of aromatic nitrogens is 1. The Labute approximate surface area is 167 Å². The molecule has 2 N–H and O–H groups in total. The van der Waals surface area contributed by atoms with Crippen molar-refractivity contribution in [3.8, 4) is 5.75 Å². The summed E-state index contributed by atoms with van der Waals surface area (Å²) in [6.07, 6.45) is 3.11. The molecule has 6 nitrogen and oxygen atoms in total. The maximum atomic E-state index is 14.1. The Morgan fingerprint density at radius 3 is 2.90 bits per heavy atom. The van der Waals surface area contributed by atoms with Gasteiger partial charge in [-0.3, -0.25) is 9.59 Å². The molecule has 1 aromatic heterocycles. The van der Waals surface area contributed by atoms with Crippen molar-refractivity contribution in [3.05, 3.63) is 60.0 Å². The highest BCUT2D eigenvalue weighted by atomic mass is 19.1. The van der Waals surface area contributed by atoms with E-state index in [1.54, 1.807) is 31.5 Å². The number of nitrogens with zero attached hydrogens (tertiary/aromatic N) is 1. The van der Waals surface area contributed by atoms with Gasteiger partial charge in [0.05, 0.1) is 19.2 Å². The summed E-state index contributed by atoms with van der Waals surface area (Å²) in [6.45, 7) is 0.436. The van der Waals surface area contributed by atoms with E-state index in [9.17, 15) is 14.0 Å². The number of methoxy groups -OCH3 is 1. The van der Waals surface area contributed by atoms with Crippen LogP contribution in [0.4, 0.5) is 10.1 Å². The first-order valence-electron chi connectivity index (χ1n) is 9.56. The van der Waals surface area contributed by atoms with Crippen LogP contribution in [0.25, 0.3) is 10.9 Å². The van der Waals surface area contributed by atoms with Crippen LogP contribution in [0, 0.1) is 5.82 Å². The summed E-state index contributed by atoms with van der Waals surface area (Å²) >= 11 is 0. The predicted octanol–water partition coefficient (Wildman–Crippen LogP) is 3.17. The van der Waals surface area contributed by atoms with Crippen LogP contribution in [-0.4, -0.2) is 36.5 Å². The number of hydrogen-bond acceptors (Lipinski definition) is 3. The molecule has 3 aromatic rings. The first-order valence-corrected chi connectivity index (χ1v) is 9.56. The maximum absolute atomic E-state index is 14.1. The number of ether oxygens (including phenoxy) is 1. The maximum Gasteiger partial charge on any atom is 0.249 e. The SMILES string of the molecule is COc1cccc2[nH]cc(CC(=O)NC3CCCN(c4ccccc4F)C3=O)c12. The standard InChI is InChI=1S/C22H22FN3O3/c1-29-19-10-4-7-16-21(19)14(13-24-16)12-20(27)25-17-8-5-11-26(22(17)28)18-9-3-2-6-15(18)23/h2-4,6-7,9-10,13,17,24H,5,8,11-12H2,1H3,(H,25,27). The van der Waals surface area contributed by atoms with Crippen molar-refractivity contribution < 1.29 is 18.7 Å². The molecule has 0 spiro atoms. The third-order valence-electron chi connectivity index (χ3n) is 5.24. The summed E-state index contributed by atoms with van der Waals surface area (Å²) in [6, 6.07) is 11.2. The molecule has 0 saturated carbocycles. The van der Waals surface area contributed by atoms with Crippen LogP contribution in [-0.2, 0) is 16.0 Å². The first kappa shape index (κ1) is 19.0. The summed E-state index contributed by atoms with van der Waals surface area (Å²) in [5.74, 6) is -0.304. The van der Waals surface area contributed by atoms with Gasteiger partial charge in [0.15, 0.2) is 0 Å². The van der Waals surface area contributed by atoms with Gasteiger partial charge in [-0.2, -0.15) is 0 Å². The largest absolute Gasteiger partial charge is 0.496 e. The van der Waals surface area contributed by atoms with Gasteiger partial charge in [-0.25, -0.2) is 4.39 Å². The second-order valence-electron chi connectivity index (χ2n) is 7.08. The Morgan fingerprint density at radius 2 is 2.10 bits per heavy atom. The van der Waals surface area contributed by atoms with E-state index < -0.39 is 11.9 Å². The van der Waals surface area contributed by atoms with E-state index in [1.165, 1.54) is 11.0 Å². The van der Waals surface area contributed by atoms with Crippen molar-refractivity contribution in [2.75, 3.05) is 18.6 Å². The Hall–Kier alpha value is -3.35. The van der Waals surface area contributed by atoms with Crippen molar-refractivity contribution in [1.82, 2.24) is 10.3 Å². The Morgan fingerprint density at radius 1 is 1.28 bits per heavy atom. The van der Waals surface area contributed by atoms with E-state index in [-0.39, 0.29) is 23.9 Å². The molecule has 1 atom stereocenters. The van der Waals surface area contributed by atoms with Gasteiger partial charge in [0, 0.05) is 23.6 Å². The minimum Gasteiger partial charge on any atom is -0.496 e.